The monoisotopic (exact) mass is 223 g/mol. The van der Waals surface area contributed by atoms with Crippen molar-refractivity contribution in [2.24, 2.45) is 5.92 Å². The predicted molar refractivity (Wildman–Crippen MR) is 60.9 cm³/mol. The summed E-state index contributed by atoms with van der Waals surface area (Å²) in [5.41, 5.74) is 0. The van der Waals surface area contributed by atoms with Gasteiger partial charge >= 0.3 is 5.97 Å². The van der Waals surface area contributed by atoms with Crippen LogP contribution >= 0.6 is 0 Å². The van der Waals surface area contributed by atoms with Crippen LogP contribution in [0.25, 0.3) is 0 Å². The maximum absolute atomic E-state index is 11.7. The van der Waals surface area contributed by atoms with Gasteiger partial charge in [0.2, 0.25) is 5.91 Å². The molecule has 1 aliphatic rings. The molecular formula is C12H17NO3. The number of carboxylic acid groups (broad SMARTS) is 1. The fraction of sp³-hybridized carbons (Fsp3) is 0.500. The summed E-state index contributed by atoms with van der Waals surface area (Å²) < 4.78 is 0. The molecule has 1 amide bonds. The first-order valence-electron chi connectivity index (χ1n) is 5.46. The first-order chi connectivity index (χ1) is 7.65. The van der Waals surface area contributed by atoms with Gasteiger partial charge in [-0.3, -0.25) is 9.59 Å². The van der Waals surface area contributed by atoms with E-state index in [1.165, 1.54) is 6.08 Å². The summed E-state index contributed by atoms with van der Waals surface area (Å²) in [6, 6.07) is 0. The maximum atomic E-state index is 11.7. The van der Waals surface area contributed by atoms with Gasteiger partial charge in [-0.25, -0.2) is 0 Å². The number of hydrogen-bond donors (Lipinski definition) is 1. The molecule has 1 N–H and O–H groups in total. The summed E-state index contributed by atoms with van der Waals surface area (Å²) >= 11 is 0. The average molecular weight is 223 g/mol. The zero-order valence-electron chi connectivity index (χ0n) is 9.43. The smallest absolute Gasteiger partial charge is 0.308 e. The van der Waals surface area contributed by atoms with Crippen molar-refractivity contribution in [1.29, 1.82) is 0 Å². The minimum Gasteiger partial charge on any atom is -0.481 e. The molecule has 1 fully saturated rings. The van der Waals surface area contributed by atoms with Crippen molar-refractivity contribution in [1.82, 2.24) is 4.90 Å². The molecule has 0 spiro atoms. The van der Waals surface area contributed by atoms with Crippen LogP contribution in [0.5, 0.6) is 0 Å². The summed E-state index contributed by atoms with van der Waals surface area (Å²) in [6.07, 6.45) is 8.19. The van der Waals surface area contributed by atoms with Gasteiger partial charge in [0.05, 0.1) is 5.92 Å². The largest absolute Gasteiger partial charge is 0.481 e. The summed E-state index contributed by atoms with van der Waals surface area (Å²) in [4.78, 5) is 24.1. The first kappa shape index (κ1) is 12.5. The van der Waals surface area contributed by atoms with E-state index in [2.05, 4.69) is 0 Å². The Morgan fingerprint density at radius 2 is 2.12 bits per heavy atom. The van der Waals surface area contributed by atoms with Gasteiger partial charge in [0, 0.05) is 19.2 Å². The van der Waals surface area contributed by atoms with Gasteiger partial charge in [-0.2, -0.15) is 0 Å². The molecular weight excluding hydrogens is 206 g/mol. The van der Waals surface area contributed by atoms with E-state index in [1.54, 1.807) is 17.1 Å². The highest BCUT2D eigenvalue weighted by Gasteiger charge is 2.26. The number of piperidine rings is 1. The Kier molecular flexibility index (Phi) is 4.76. The van der Waals surface area contributed by atoms with Gasteiger partial charge in [0.25, 0.3) is 0 Å². The Hall–Kier alpha value is -1.58. The Balaban J connectivity index is 2.53. The fourth-order valence-corrected chi connectivity index (χ4v) is 1.73. The maximum Gasteiger partial charge on any atom is 0.308 e. The second kappa shape index (κ2) is 6.10. The SMILES string of the molecule is C/C=C/C=CC(=O)N1CCC[C@@H](C(=O)O)C1. The second-order valence-corrected chi connectivity index (χ2v) is 3.85. The lowest BCUT2D eigenvalue weighted by Crippen LogP contribution is -2.41. The van der Waals surface area contributed by atoms with Crippen LogP contribution in [0.3, 0.4) is 0 Å². The van der Waals surface area contributed by atoms with Crippen LogP contribution in [-0.4, -0.2) is 35.0 Å². The van der Waals surface area contributed by atoms with E-state index >= 15 is 0 Å². The number of carbonyl (C=O) groups is 2. The number of aliphatic carboxylic acids is 1. The van der Waals surface area contributed by atoms with Crippen molar-refractivity contribution >= 4 is 11.9 Å². The van der Waals surface area contributed by atoms with E-state index in [-0.39, 0.29) is 5.91 Å². The predicted octanol–water partition coefficient (Wildman–Crippen LogP) is 1.44. The number of nitrogens with zero attached hydrogens (tertiary/aromatic N) is 1. The highest BCUT2D eigenvalue weighted by atomic mass is 16.4. The van der Waals surface area contributed by atoms with E-state index in [1.807, 2.05) is 13.0 Å². The van der Waals surface area contributed by atoms with E-state index < -0.39 is 11.9 Å². The van der Waals surface area contributed by atoms with Gasteiger partial charge in [-0.15, -0.1) is 0 Å². The van der Waals surface area contributed by atoms with E-state index in [4.69, 9.17) is 5.11 Å². The van der Waals surface area contributed by atoms with E-state index in [0.717, 1.165) is 6.42 Å². The van der Waals surface area contributed by atoms with Crippen LogP contribution in [0.2, 0.25) is 0 Å². The third kappa shape index (κ3) is 3.53. The van der Waals surface area contributed by atoms with Gasteiger partial charge in [0.1, 0.15) is 0 Å². The molecule has 1 rings (SSSR count). The standard InChI is InChI=1S/C12H17NO3/c1-2-3-4-7-11(14)13-8-5-6-10(9-13)12(15)16/h2-4,7,10H,5-6,8-9H2,1H3,(H,15,16)/b3-2+,7-4?/t10-/m1/s1. The molecule has 0 aliphatic carbocycles. The number of likely N-dealkylation sites (tertiary alicyclic amines) is 1. The van der Waals surface area contributed by atoms with Gasteiger partial charge in [0.15, 0.2) is 0 Å². The molecule has 1 aliphatic heterocycles. The lowest BCUT2D eigenvalue weighted by atomic mass is 9.98. The molecule has 1 heterocycles. The molecule has 0 radical (unpaired) electrons. The number of hydrogen-bond acceptors (Lipinski definition) is 2. The molecule has 88 valence electrons. The lowest BCUT2D eigenvalue weighted by molar-refractivity contribution is -0.144. The quantitative estimate of drug-likeness (QED) is 0.582. The molecule has 0 aromatic heterocycles. The number of carbonyl (C=O) groups excluding carboxylic acids is 1. The van der Waals surface area contributed by atoms with Crippen molar-refractivity contribution in [3.63, 3.8) is 0 Å². The number of amides is 1. The minimum absolute atomic E-state index is 0.107. The Bertz CT molecular complexity index is 320. The molecule has 1 atom stereocenters. The topological polar surface area (TPSA) is 57.6 Å². The average Bonchev–Trinajstić information content (AvgIpc) is 2.29. The Morgan fingerprint density at radius 1 is 1.38 bits per heavy atom. The zero-order chi connectivity index (χ0) is 12.0. The third-order valence-corrected chi connectivity index (χ3v) is 2.62. The number of rotatable bonds is 3. The molecule has 0 aromatic rings. The Labute approximate surface area is 95.2 Å². The van der Waals surface area contributed by atoms with Crippen molar-refractivity contribution in [2.75, 3.05) is 13.1 Å². The van der Waals surface area contributed by atoms with Gasteiger partial charge in [-0.1, -0.05) is 18.2 Å². The third-order valence-electron chi connectivity index (χ3n) is 2.62. The van der Waals surface area contributed by atoms with Crippen molar-refractivity contribution in [3.8, 4) is 0 Å². The molecule has 4 heteroatoms. The second-order valence-electron chi connectivity index (χ2n) is 3.85. The first-order valence-corrected chi connectivity index (χ1v) is 5.46. The zero-order valence-corrected chi connectivity index (χ0v) is 9.43. The highest BCUT2D eigenvalue weighted by Crippen LogP contribution is 2.16. The van der Waals surface area contributed by atoms with Crippen LogP contribution in [0.1, 0.15) is 19.8 Å². The molecule has 0 aromatic carbocycles. The highest BCUT2D eigenvalue weighted by molar-refractivity contribution is 5.88. The van der Waals surface area contributed by atoms with Crippen molar-refractivity contribution in [2.45, 2.75) is 19.8 Å². The van der Waals surface area contributed by atoms with E-state index in [9.17, 15) is 9.59 Å². The van der Waals surface area contributed by atoms with Gasteiger partial charge in [-0.05, 0) is 19.8 Å². The lowest BCUT2D eigenvalue weighted by Gasteiger charge is -2.29. The van der Waals surface area contributed by atoms with Gasteiger partial charge < -0.3 is 10.0 Å². The van der Waals surface area contributed by atoms with E-state index in [0.29, 0.717) is 19.5 Å². The Morgan fingerprint density at radius 3 is 2.75 bits per heavy atom. The van der Waals surface area contributed by atoms with Crippen LogP contribution in [0, 0.1) is 5.92 Å². The van der Waals surface area contributed by atoms with Crippen molar-refractivity contribution in [3.05, 3.63) is 24.3 Å². The molecule has 1 saturated heterocycles. The summed E-state index contributed by atoms with van der Waals surface area (Å²) in [7, 11) is 0. The van der Waals surface area contributed by atoms with Crippen molar-refractivity contribution < 1.29 is 14.7 Å². The van der Waals surface area contributed by atoms with Crippen LogP contribution in [-0.2, 0) is 9.59 Å². The fourth-order valence-electron chi connectivity index (χ4n) is 1.73. The number of allylic oxidation sites excluding steroid dienone is 3. The number of carboxylic acids is 1. The molecule has 0 saturated carbocycles. The molecule has 4 nitrogen and oxygen atoms in total. The summed E-state index contributed by atoms with van der Waals surface area (Å²) in [5.74, 6) is -1.33. The minimum atomic E-state index is -0.810. The summed E-state index contributed by atoms with van der Waals surface area (Å²) in [5, 5.41) is 8.88. The molecule has 16 heavy (non-hydrogen) atoms. The molecule has 0 bridgehead atoms. The molecule has 0 unspecified atom stereocenters. The summed E-state index contributed by atoms with van der Waals surface area (Å²) in [6.45, 7) is 2.85. The van der Waals surface area contributed by atoms with Crippen LogP contribution < -0.4 is 0 Å². The van der Waals surface area contributed by atoms with Crippen LogP contribution in [0.4, 0.5) is 0 Å². The van der Waals surface area contributed by atoms with Crippen LogP contribution in [0.15, 0.2) is 24.3 Å². The normalized spacial score (nSPS) is 21.8.